The smallest absolute Gasteiger partial charge is 0.407 e. The van der Waals surface area contributed by atoms with E-state index in [0.29, 0.717) is 127 Å². The van der Waals surface area contributed by atoms with Crippen LogP contribution in [0.3, 0.4) is 0 Å². The zero-order chi connectivity index (χ0) is 93.1. The molecule has 712 valence electrons. The van der Waals surface area contributed by atoms with E-state index in [2.05, 4.69) is 31.4 Å². The van der Waals surface area contributed by atoms with Gasteiger partial charge >= 0.3 is 18.0 Å². The highest BCUT2D eigenvalue weighted by Gasteiger charge is 2.58. The molecule has 9 rings (SSSR count). The van der Waals surface area contributed by atoms with Crippen LogP contribution in [0.2, 0.25) is 0 Å². The number of fused-ring (bicyclic) bond motifs is 6. The number of nitrogens with zero attached hydrogens (tertiary/aromatic N) is 2. The fraction of sp³-hybridized carbons (Fsp3) is 0.760. The largest absolute Gasteiger partial charge is 0.456 e. The number of alkyl carbamates (subject to hydrolysis) is 1. The lowest BCUT2D eigenvalue weighted by Gasteiger charge is -2.47. The predicted molar refractivity (Wildman–Crippen MR) is 478 cm³/mol. The molecule has 1 aromatic rings. The summed E-state index contributed by atoms with van der Waals surface area (Å²) in [6.45, 7) is 25.3. The molecule has 4 amide bonds. The molecule has 0 spiro atoms. The number of carbonyl (C=O) groups excluding carboxylic acids is 10. The van der Waals surface area contributed by atoms with E-state index in [4.69, 9.17) is 33.2 Å². The van der Waals surface area contributed by atoms with E-state index in [1.165, 1.54) is 24.0 Å². The summed E-state index contributed by atoms with van der Waals surface area (Å²) in [5.74, 6) is -13.3. The van der Waals surface area contributed by atoms with Crippen molar-refractivity contribution >= 4 is 58.9 Å². The summed E-state index contributed by atoms with van der Waals surface area (Å²) in [5, 5.41) is 76.4. The summed E-state index contributed by atoms with van der Waals surface area (Å²) in [5.41, 5.74) is 2.72. The molecule has 3 saturated carbocycles. The molecule has 0 aromatic heterocycles. The van der Waals surface area contributed by atoms with Gasteiger partial charge in [-0.3, -0.25) is 33.6 Å². The molecule has 2 unspecified atom stereocenters. The van der Waals surface area contributed by atoms with Crippen LogP contribution in [-0.4, -0.2) is 225 Å². The lowest BCUT2D eigenvalue weighted by molar-refractivity contribution is -0.302. The minimum absolute atomic E-state index is 0.0134. The number of ether oxygens (including phenoxy) is 7. The first-order valence-electron chi connectivity index (χ1n) is 47.8. The van der Waals surface area contributed by atoms with Gasteiger partial charge in [-0.05, 0) is 251 Å². The molecule has 6 fully saturated rings. The highest BCUT2D eigenvalue weighted by atomic mass is 16.7. The number of cyclic esters (lactones) is 2. The van der Waals surface area contributed by atoms with Crippen molar-refractivity contribution in [3.63, 3.8) is 0 Å². The normalized spacial score (nSPS) is 38.0. The fourth-order valence-electron chi connectivity index (χ4n) is 22.0. The minimum Gasteiger partial charge on any atom is -0.456 e. The number of rotatable bonds is 20. The van der Waals surface area contributed by atoms with Gasteiger partial charge in [0.1, 0.15) is 47.6 Å². The number of unbranched alkanes of at least 4 members (excludes halogenated alkanes) is 1. The maximum Gasteiger partial charge on any atom is 0.407 e. The molecule has 3 saturated heterocycles. The maximum atomic E-state index is 14.9. The van der Waals surface area contributed by atoms with Gasteiger partial charge in [0.05, 0.1) is 49.3 Å². The van der Waals surface area contributed by atoms with Crippen molar-refractivity contribution < 1.29 is 112 Å². The van der Waals surface area contributed by atoms with Crippen LogP contribution in [0.4, 0.5) is 4.79 Å². The molecule has 1 aromatic carbocycles. The van der Waals surface area contributed by atoms with Crippen LogP contribution in [0.25, 0.3) is 0 Å². The second-order valence-electron chi connectivity index (χ2n) is 40.1. The third kappa shape index (κ3) is 27.6. The number of carbonyl (C=O) groups is 10. The summed E-state index contributed by atoms with van der Waals surface area (Å²) in [6, 6.07) is 5.04. The molecule has 0 radical (unpaired) electrons. The van der Waals surface area contributed by atoms with Gasteiger partial charge in [0.25, 0.3) is 23.4 Å². The Kier molecular flexibility index (Phi) is 39.2. The first-order valence-corrected chi connectivity index (χ1v) is 47.8. The number of hydrogen-bond donors (Lipinski definition) is 8. The van der Waals surface area contributed by atoms with E-state index in [0.717, 1.165) is 28.7 Å². The van der Waals surface area contributed by atoms with Crippen molar-refractivity contribution in [3.8, 4) is 0 Å². The molecular formula is C100H154N4O23. The second-order valence-corrected chi connectivity index (χ2v) is 40.1. The van der Waals surface area contributed by atoms with Crippen molar-refractivity contribution in [2.24, 2.45) is 82.9 Å². The summed E-state index contributed by atoms with van der Waals surface area (Å²) in [4.78, 5) is 147. The molecule has 3 aliphatic carbocycles. The van der Waals surface area contributed by atoms with Crippen LogP contribution in [-0.2, 0) is 89.4 Å². The van der Waals surface area contributed by atoms with Gasteiger partial charge in [0.15, 0.2) is 0 Å². The van der Waals surface area contributed by atoms with E-state index in [1.54, 1.807) is 27.9 Å². The van der Waals surface area contributed by atoms with Crippen LogP contribution < -0.4 is 10.6 Å². The number of benzene rings is 1. The topological polar surface area (TPSA) is 387 Å². The Morgan fingerprint density at radius 2 is 1.00 bits per heavy atom. The van der Waals surface area contributed by atoms with Gasteiger partial charge < -0.3 is 84.2 Å². The Balaban J connectivity index is 0.819. The summed E-state index contributed by atoms with van der Waals surface area (Å²) < 4.78 is 42.5. The summed E-state index contributed by atoms with van der Waals surface area (Å²) >= 11 is 0. The third-order valence-corrected chi connectivity index (χ3v) is 29.8. The van der Waals surface area contributed by atoms with Crippen LogP contribution in [0.15, 0.2) is 70.9 Å². The number of piperidine rings is 2. The average molecular weight is 1780 g/mol. The van der Waals surface area contributed by atoms with Gasteiger partial charge in [-0.15, -0.1) is 0 Å². The van der Waals surface area contributed by atoms with E-state index >= 15 is 0 Å². The molecular weight excluding hydrogens is 1630 g/mol. The molecule has 27 heteroatoms. The van der Waals surface area contributed by atoms with Crippen LogP contribution >= 0.6 is 0 Å². The van der Waals surface area contributed by atoms with E-state index in [-0.39, 0.29) is 149 Å². The van der Waals surface area contributed by atoms with Crippen molar-refractivity contribution in [1.29, 1.82) is 0 Å². The van der Waals surface area contributed by atoms with Gasteiger partial charge in [-0.2, -0.15) is 0 Å². The minimum atomic E-state index is -2.59. The third-order valence-electron chi connectivity index (χ3n) is 29.8. The summed E-state index contributed by atoms with van der Waals surface area (Å²) in [7, 11) is 4.57. The summed E-state index contributed by atoms with van der Waals surface area (Å²) in [6.07, 6.45) is 9.20. The number of hydrogen-bond acceptors (Lipinski definition) is 23. The molecule has 8 aliphatic rings. The number of aliphatic hydroxyl groups is 6. The van der Waals surface area contributed by atoms with Crippen molar-refractivity contribution in [2.45, 2.75) is 361 Å². The molecule has 8 N–H and O–H groups in total. The first-order chi connectivity index (χ1) is 60.2. The number of allylic oxidation sites excluding steroid dienone is 6. The van der Waals surface area contributed by atoms with Gasteiger partial charge in [-0.1, -0.05) is 128 Å². The van der Waals surface area contributed by atoms with Crippen LogP contribution in [0.1, 0.15) is 274 Å². The zero-order valence-electron chi connectivity index (χ0n) is 78.8. The number of Topliss-reactive ketones (excluding diaryl/α,β-unsaturated/α-hetero) is 4. The van der Waals surface area contributed by atoms with E-state index < -0.39 is 161 Å². The van der Waals surface area contributed by atoms with Crippen molar-refractivity contribution in [2.75, 3.05) is 41.0 Å². The lowest BCUT2D eigenvalue weighted by Crippen LogP contribution is -2.64. The average Bonchev–Trinajstić information content (AvgIpc) is 0.845. The Morgan fingerprint density at radius 1 is 0.520 bits per heavy atom. The lowest BCUT2D eigenvalue weighted by atomic mass is 9.61. The van der Waals surface area contributed by atoms with Crippen molar-refractivity contribution in [1.82, 2.24) is 20.4 Å². The number of methoxy groups -OCH3 is 3. The number of aliphatic hydroxyl groups excluding tert-OH is 4. The number of nitrogens with one attached hydrogen (secondary N) is 2. The Hall–Kier alpha value is -6.92. The Labute approximate surface area is 754 Å². The number of amides is 4. The molecule has 5 aliphatic heterocycles. The van der Waals surface area contributed by atoms with Gasteiger partial charge in [-0.25, -0.2) is 14.4 Å². The van der Waals surface area contributed by atoms with E-state index in [1.807, 2.05) is 97.0 Å². The Bertz CT molecular complexity index is 4010. The van der Waals surface area contributed by atoms with Crippen LogP contribution in [0, 0.1) is 82.9 Å². The number of esters is 2. The monoisotopic (exact) mass is 1780 g/mol. The highest BCUT2D eigenvalue weighted by Crippen LogP contribution is 2.48. The Morgan fingerprint density at radius 3 is 1.53 bits per heavy atom. The van der Waals surface area contributed by atoms with Crippen LogP contribution in [0.5, 0.6) is 0 Å². The van der Waals surface area contributed by atoms with Crippen molar-refractivity contribution in [3.05, 3.63) is 82.0 Å². The molecule has 127 heavy (non-hydrogen) atoms. The van der Waals surface area contributed by atoms with Gasteiger partial charge in [0.2, 0.25) is 11.7 Å². The zero-order valence-corrected chi connectivity index (χ0v) is 78.8. The SMILES string of the molecule is CO[C@H]1C[C@@H](C)C/C(C)=C/[C@@H](CCCCC(=O)NCc2ccc(CNC(=O)OCCCC3/C=C(\C)C[C@H](C)C[C@H](C)[C@H]4C[C@@](O)(C(=O)C(=O)N5CCCC[C@H]5C(=O)O[C@H](/C(C)=C/[C@@H]5CC[C@@H](O)[C@H](OC)C5)[C@H](C)[C@@H](O)CC3=O)[C@H](C)C[C@@H]4C)cc2)C(=O)C[C@H](O)[C@@H](C)[C@@H](/C(C)=C/[C@@H]2CC[C@@H](O)[C@H](C)C2)OC(=O)[C@@H]2CCCCN2C(=O)C(=O)[C@]2(O)OC1[C@@H](OC)C[C@H]2C. The maximum absolute atomic E-state index is 14.9. The number of ketones is 4. The molecule has 28 atom stereocenters. The molecule has 4 bridgehead atoms. The highest BCUT2D eigenvalue weighted by molar-refractivity contribution is 6.40. The molecule has 5 heterocycles. The quantitative estimate of drug-likeness (QED) is 0.0198. The standard InChI is InChI=1S/C100H154N4O23/c1-57-40-58(2)44-75(84(110)53-82(108)69(13)90(65(9)49-73-34-36-80(106)85(51-73)121-14)126-96(116)77-26-19-21-37-103(77)94(114)92(112)99(119)54-76(61(5)42-57)62(6)46-66(99)10)25-23-39-124-98(118)102-56-71-31-29-70(30-32-71)55-101-88(111)28-18-17-24-74-43-59(3)41-60(4)45-86(122-15)91-87(123-16)50-67(11)100(120,127-91)93(113)95(115)104-38-22-20-27-78(104)97(117)125-89(68(12)81(107)52-83(74)109)64(8)48-72-33-35-79(105)63(7)47-72/h29-32,43-44,48-49,57,60-63,66-69,72-82,85-87,89-91,105-108,119-120H,17-28,33-42,45-47,50-56H2,1-16H3,(H,101,111)(H,102,118)/b58-44+,59-43+,64-48+,65-49+/t57-,60-,61-,62-,63+,66+,67+,68+,69+,72+,73-,74+,75?,76+,77-,78-,79+,80+,81-,82-,85+,86-,87-,89+,90+,91?,99-,100+/m0/s1. The molecule has 27 nitrogen and oxygen atoms in total. The first kappa shape index (κ1) is 104. The fourth-order valence-corrected chi connectivity index (χ4v) is 22.0. The van der Waals surface area contributed by atoms with Gasteiger partial charge in [0, 0.05) is 96.4 Å². The second kappa shape index (κ2) is 48.0. The van der Waals surface area contributed by atoms with E-state index in [9.17, 15) is 78.6 Å². The predicted octanol–water partition coefficient (Wildman–Crippen LogP) is 12.5.